The van der Waals surface area contributed by atoms with Crippen LogP contribution in [0.25, 0.3) is 16.8 Å². The van der Waals surface area contributed by atoms with Gasteiger partial charge in [0, 0.05) is 42.2 Å². The van der Waals surface area contributed by atoms with Crippen LogP contribution in [0.3, 0.4) is 0 Å². The van der Waals surface area contributed by atoms with E-state index in [9.17, 15) is 0 Å². The minimum atomic E-state index is 0.729. The van der Waals surface area contributed by atoms with Crippen molar-refractivity contribution in [2.75, 3.05) is 20.2 Å². The van der Waals surface area contributed by atoms with Crippen LogP contribution in [-0.4, -0.2) is 35.3 Å². The van der Waals surface area contributed by atoms with Crippen molar-refractivity contribution in [3.05, 3.63) is 53.9 Å². The fourth-order valence-corrected chi connectivity index (χ4v) is 2.94. The van der Waals surface area contributed by atoms with Gasteiger partial charge in [0.05, 0.1) is 12.3 Å². The number of hydrogen-bond donors (Lipinski definition) is 1. The predicted octanol–water partition coefficient (Wildman–Crippen LogP) is 4.02. The van der Waals surface area contributed by atoms with Gasteiger partial charge in [-0.15, -0.1) is 0 Å². The lowest BCUT2D eigenvalue weighted by atomic mass is 10.00. The van der Waals surface area contributed by atoms with Crippen LogP contribution >= 0.6 is 0 Å². The van der Waals surface area contributed by atoms with Crippen molar-refractivity contribution in [1.82, 2.24) is 15.1 Å². The summed E-state index contributed by atoms with van der Waals surface area (Å²) < 4.78 is 6.19. The molecular weight excluding hydrogens is 298 g/mol. The highest BCUT2D eigenvalue weighted by molar-refractivity contribution is 5.80. The van der Waals surface area contributed by atoms with Crippen molar-refractivity contribution in [2.45, 2.75) is 19.8 Å². The Bertz CT molecular complexity index is 799. The van der Waals surface area contributed by atoms with Gasteiger partial charge in [0.2, 0.25) is 0 Å². The lowest BCUT2D eigenvalue weighted by molar-refractivity contribution is 0.299. The van der Waals surface area contributed by atoms with Crippen LogP contribution in [0, 0.1) is 12.8 Å². The van der Waals surface area contributed by atoms with Crippen LogP contribution in [0.15, 0.2) is 42.6 Å². The lowest BCUT2D eigenvalue weighted by Crippen LogP contribution is -2.14. The number of nitrogens with one attached hydrogen (secondary N) is 1. The number of nitrogens with zero attached hydrogens (tertiary/aromatic N) is 2. The molecule has 4 heteroatoms. The number of likely N-dealkylation sites (N-methyl/N-ethyl adjacent to an activating group) is 1. The van der Waals surface area contributed by atoms with Gasteiger partial charge >= 0.3 is 0 Å². The van der Waals surface area contributed by atoms with E-state index in [0.29, 0.717) is 0 Å². The first-order chi connectivity index (χ1) is 11.7. The van der Waals surface area contributed by atoms with Crippen LogP contribution in [0.1, 0.15) is 24.1 Å². The smallest absolute Gasteiger partial charge is 0.127 e. The standard InChI is InChI=1S/C20H23N3O/c1-14-10-19(22-21-14)16-7-8-18(17-4-3-9-23(2)12-17)20(11-16)24-13-15-5-6-15/h3-4,7-8,10-12,15H,5-6,9,13H2,1-2H3,(H,21,22). The molecule has 124 valence electrons. The highest BCUT2D eigenvalue weighted by Crippen LogP contribution is 2.35. The number of hydrogen-bond acceptors (Lipinski definition) is 3. The largest absolute Gasteiger partial charge is 0.493 e. The van der Waals surface area contributed by atoms with Crippen molar-refractivity contribution in [3.63, 3.8) is 0 Å². The van der Waals surface area contributed by atoms with E-state index in [0.717, 1.165) is 47.3 Å². The third kappa shape index (κ3) is 3.23. The second kappa shape index (κ2) is 6.19. The number of rotatable bonds is 5. The third-order valence-corrected chi connectivity index (χ3v) is 4.52. The maximum atomic E-state index is 6.19. The van der Waals surface area contributed by atoms with Crippen LogP contribution < -0.4 is 4.74 Å². The van der Waals surface area contributed by atoms with E-state index in [1.54, 1.807) is 0 Å². The Hall–Kier alpha value is -2.49. The summed E-state index contributed by atoms with van der Waals surface area (Å²) in [5, 5.41) is 7.38. The van der Waals surface area contributed by atoms with Crippen molar-refractivity contribution in [2.24, 2.45) is 5.92 Å². The minimum Gasteiger partial charge on any atom is -0.493 e. The first kappa shape index (κ1) is 15.1. The number of aryl methyl sites for hydroxylation is 1. The summed E-state index contributed by atoms with van der Waals surface area (Å²) in [7, 11) is 2.09. The number of allylic oxidation sites excluding steroid dienone is 2. The molecule has 24 heavy (non-hydrogen) atoms. The van der Waals surface area contributed by atoms with Crippen LogP contribution in [0.4, 0.5) is 0 Å². The second-order valence-corrected chi connectivity index (χ2v) is 6.83. The Morgan fingerprint density at radius 2 is 2.17 bits per heavy atom. The lowest BCUT2D eigenvalue weighted by Gasteiger charge is -2.20. The van der Waals surface area contributed by atoms with Gasteiger partial charge in [-0.05, 0) is 43.9 Å². The zero-order valence-electron chi connectivity index (χ0n) is 14.2. The highest BCUT2D eigenvalue weighted by Gasteiger charge is 2.23. The molecule has 0 unspecified atom stereocenters. The fraction of sp³-hybridized carbons (Fsp3) is 0.350. The van der Waals surface area contributed by atoms with Gasteiger partial charge in [0.15, 0.2) is 0 Å². The number of aromatic amines is 1. The molecule has 1 fully saturated rings. The van der Waals surface area contributed by atoms with Gasteiger partial charge in [0.1, 0.15) is 5.75 Å². The summed E-state index contributed by atoms with van der Waals surface area (Å²) in [5.74, 6) is 1.68. The van der Waals surface area contributed by atoms with Gasteiger partial charge in [-0.25, -0.2) is 0 Å². The number of benzene rings is 1. The van der Waals surface area contributed by atoms with Crippen LogP contribution in [0.5, 0.6) is 5.75 Å². The summed E-state index contributed by atoms with van der Waals surface area (Å²) in [6, 6.07) is 8.46. The molecule has 2 aliphatic rings. The Morgan fingerprint density at radius 1 is 1.29 bits per heavy atom. The Morgan fingerprint density at radius 3 is 2.88 bits per heavy atom. The van der Waals surface area contributed by atoms with E-state index in [4.69, 9.17) is 4.74 Å². The Labute approximate surface area is 142 Å². The molecule has 2 heterocycles. The molecule has 0 atom stereocenters. The zero-order valence-corrected chi connectivity index (χ0v) is 14.2. The summed E-state index contributed by atoms with van der Waals surface area (Å²) >= 11 is 0. The molecule has 1 aliphatic carbocycles. The Balaban J connectivity index is 1.70. The molecule has 4 rings (SSSR count). The topological polar surface area (TPSA) is 41.1 Å². The monoisotopic (exact) mass is 321 g/mol. The van der Waals surface area contributed by atoms with Gasteiger partial charge < -0.3 is 9.64 Å². The number of ether oxygens (including phenoxy) is 1. The maximum Gasteiger partial charge on any atom is 0.127 e. The van der Waals surface area contributed by atoms with E-state index >= 15 is 0 Å². The third-order valence-electron chi connectivity index (χ3n) is 4.52. The number of H-pyrrole nitrogens is 1. The van der Waals surface area contributed by atoms with Crippen LogP contribution in [0.2, 0.25) is 0 Å². The van der Waals surface area contributed by atoms with E-state index in [-0.39, 0.29) is 0 Å². The van der Waals surface area contributed by atoms with E-state index < -0.39 is 0 Å². The first-order valence-electron chi connectivity index (χ1n) is 8.57. The van der Waals surface area contributed by atoms with Crippen LogP contribution in [-0.2, 0) is 0 Å². The molecule has 1 aromatic heterocycles. The normalized spacial score (nSPS) is 17.1. The molecule has 0 saturated heterocycles. The van der Waals surface area contributed by atoms with Crippen molar-refractivity contribution in [1.29, 1.82) is 0 Å². The summed E-state index contributed by atoms with van der Waals surface area (Å²) in [4.78, 5) is 2.19. The first-order valence-corrected chi connectivity index (χ1v) is 8.57. The molecular formula is C20H23N3O. The van der Waals surface area contributed by atoms with E-state index in [2.05, 4.69) is 64.8 Å². The van der Waals surface area contributed by atoms with Gasteiger partial charge in [0.25, 0.3) is 0 Å². The summed E-state index contributed by atoms with van der Waals surface area (Å²) in [6.45, 7) is 3.78. The molecule has 2 aromatic rings. The van der Waals surface area contributed by atoms with Crippen molar-refractivity contribution >= 4 is 5.57 Å². The number of aromatic nitrogens is 2. The fourth-order valence-electron chi connectivity index (χ4n) is 2.94. The summed E-state index contributed by atoms with van der Waals surface area (Å²) in [6.07, 6.45) is 9.12. The molecule has 1 aliphatic heterocycles. The molecule has 0 radical (unpaired) electrons. The molecule has 0 bridgehead atoms. The molecule has 1 N–H and O–H groups in total. The van der Waals surface area contributed by atoms with Gasteiger partial charge in [-0.3, -0.25) is 5.10 Å². The average Bonchev–Trinajstić information content (AvgIpc) is 3.32. The maximum absolute atomic E-state index is 6.19. The average molecular weight is 321 g/mol. The molecule has 4 nitrogen and oxygen atoms in total. The van der Waals surface area contributed by atoms with Crippen molar-refractivity contribution in [3.8, 4) is 17.0 Å². The second-order valence-electron chi connectivity index (χ2n) is 6.83. The van der Waals surface area contributed by atoms with E-state index in [1.165, 1.54) is 18.4 Å². The SMILES string of the molecule is Cc1cc(-c2ccc(C3=CN(C)CC=C3)c(OCC3CC3)c2)n[nH]1. The highest BCUT2D eigenvalue weighted by atomic mass is 16.5. The zero-order chi connectivity index (χ0) is 16.5. The molecule has 1 saturated carbocycles. The molecule has 0 amide bonds. The van der Waals surface area contributed by atoms with Gasteiger partial charge in [-0.2, -0.15) is 5.10 Å². The van der Waals surface area contributed by atoms with Crippen molar-refractivity contribution < 1.29 is 4.74 Å². The predicted molar refractivity (Wildman–Crippen MR) is 96.7 cm³/mol. The van der Waals surface area contributed by atoms with E-state index in [1.807, 2.05) is 6.92 Å². The molecule has 1 aromatic carbocycles. The molecule has 0 spiro atoms. The Kier molecular flexibility index (Phi) is 3.89. The summed E-state index contributed by atoms with van der Waals surface area (Å²) in [5.41, 5.74) is 5.45. The minimum absolute atomic E-state index is 0.729. The quantitative estimate of drug-likeness (QED) is 0.904. The van der Waals surface area contributed by atoms with Gasteiger partial charge in [-0.1, -0.05) is 18.2 Å².